The number of nitrogens with one attached hydrogen (secondary N) is 1. The van der Waals surface area contributed by atoms with Gasteiger partial charge in [-0.3, -0.25) is 9.59 Å². The van der Waals surface area contributed by atoms with Crippen LogP contribution in [0.25, 0.3) is 10.9 Å². The van der Waals surface area contributed by atoms with Gasteiger partial charge < -0.3 is 9.88 Å². The number of benzene rings is 1. The molecule has 0 saturated carbocycles. The molecule has 0 aliphatic carbocycles. The second-order valence-electron chi connectivity index (χ2n) is 3.94. The van der Waals surface area contributed by atoms with Crippen LogP contribution in [0.15, 0.2) is 43.1 Å². The molecule has 2 aromatic rings. The highest BCUT2D eigenvalue weighted by atomic mass is 16.1. The highest BCUT2D eigenvalue weighted by Gasteiger charge is 2.08. The Morgan fingerprint density at radius 2 is 2.22 bits per heavy atom. The summed E-state index contributed by atoms with van der Waals surface area (Å²) in [5.41, 5.74) is 1.38. The van der Waals surface area contributed by atoms with Crippen LogP contribution < -0.4 is 5.32 Å². The molecule has 4 nitrogen and oxygen atoms in total. The Bertz CT molecular complexity index is 599. The molecule has 4 heteroatoms. The van der Waals surface area contributed by atoms with E-state index in [1.54, 1.807) is 16.7 Å². The van der Waals surface area contributed by atoms with Crippen LogP contribution >= 0.6 is 0 Å². The van der Waals surface area contributed by atoms with Crippen LogP contribution in [0.1, 0.15) is 10.4 Å². The van der Waals surface area contributed by atoms with E-state index in [1.807, 2.05) is 24.4 Å². The normalized spacial score (nSPS) is 10.2. The second kappa shape index (κ2) is 5.31. The zero-order valence-electron chi connectivity index (χ0n) is 9.93. The number of aromatic nitrogens is 1. The molecule has 18 heavy (non-hydrogen) atoms. The number of aldehydes is 1. The summed E-state index contributed by atoms with van der Waals surface area (Å²) in [6.07, 6.45) is 4.24. The molecule has 2 rings (SSSR count). The zero-order chi connectivity index (χ0) is 13.0. The van der Waals surface area contributed by atoms with Gasteiger partial charge in [0.1, 0.15) is 6.54 Å². The van der Waals surface area contributed by atoms with E-state index >= 15 is 0 Å². The fourth-order valence-corrected chi connectivity index (χ4v) is 1.91. The molecule has 0 fully saturated rings. The van der Waals surface area contributed by atoms with Crippen LogP contribution in [0, 0.1) is 0 Å². The average molecular weight is 242 g/mol. The van der Waals surface area contributed by atoms with Crippen molar-refractivity contribution >= 4 is 23.1 Å². The first-order valence-corrected chi connectivity index (χ1v) is 5.67. The quantitative estimate of drug-likeness (QED) is 0.641. The van der Waals surface area contributed by atoms with Gasteiger partial charge in [0.25, 0.3) is 0 Å². The molecule has 0 bridgehead atoms. The maximum absolute atomic E-state index is 11.6. The molecule has 1 aromatic heterocycles. The largest absolute Gasteiger partial charge is 0.351 e. The fourth-order valence-electron chi connectivity index (χ4n) is 1.91. The summed E-state index contributed by atoms with van der Waals surface area (Å²) in [6.45, 7) is 4.18. The molecule has 0 aliphatic heterocycles. The van der Waals surface area contributed by atoms with Crippen molar-refractivity contribution in [2.45, 2.75) is 6.54 Å². The number of nitrogens with zero attached hydrogens (tertiary/aromatic N) is 1. The van der Waals surface area contributed by atoms with E-state index in [4.69, 9.17) is 0 Å². The zero-order valence-corrected chi connectivity index (χ0v) is 9.93. The minimum absolute atomic E-state index is 0.104. The average Bonchev–Trinajstić information content (AvgIpc) is 2.79. The number of hydrogen-bond acceptors (Lipinski definition) is 2. The summed E-state index contributed by atoms with van der Waals surface area (Å²) in [5, 5.41) is 3.66. The smallest absolute Gasteiger partial charge is 0.240 e. The van der Waals surface area contributed by atoms with E-state index in [9.17, 15) is 9.59 Å². The predicted molar refractivity (Wildman–Crippen MR) is 70.5 cm³/mol. The Balaban J connectivity index is 2.31. The van der Waals surface area contributed by atoms with Gasteiger partial charge in [-0.2, -0.15) is 0 Å². The Labute approximate surface area is 105 Å². The summed E-state index contributed by atoms with van der Waals surface area (Å²) < 4.78 is 1.78. The van der Waals surface area contributed by atoms with Crippen LogP contribution in [0.4, 0.5) is 0 Å². The van der Waals surface area contributed by atoms with E-state index in [0.717, 1.165) is 17.2 Å². The van der Waals surface area contributed by atoms with Crippen molar-refractivity contribution in [1.82, 2.24) is 9.88 Å². The van der Waals surface area contributed by atoms with Gasteiger partial charge in [-0.1, -0.05) is 18.2 Å². The second-order valence-corrected chi connectivity index (χ2v) is 3.94. The Morgan fingerprint density at radius 3 is 2.94 bits per heavy atom. The van der Waals surface area contributed by atoms with Gasteiger partial charge in [-0.25, -0.2) is 0 Å². The molecule has 0 spiro atoms. The number of para-hydroxylation sites is 1. The van der Waals surface area contributed by atoms with Crippen LogP contribution in [-0.2, 0) is 11.3 Å². The molecule has 1 aromatic carbocycles. The van der Waals surface area contributed by atoms with Crippen molar-refractivity contribution < 1.29 is 9.59 Å². The first-order valence-electron chi connectivity index (χ1n) is 5.67. The van der Waals surface area contributed by atoms with Crippen LogP contribution in [0.3, 0.4) is 0 Å². The predicted octanol–water partition coefficient (Wildman–Crippen LogP) is 1.76. The summed E-state index contributed by atoms with van der Waals surface area (Å²) in [5.74, 6) is -0.104. The molecule has 0 aliphatic rings. The molecular formula is C14H14N2O2. The third-order valence-corrected chi connectivity index (χ3v) is 2.70. The van der Waals surface area contributed by atoms with Gasteiger partial charge in [0.15, 0.2) is 6.29 Å². The van der Waals surface area contributed by atoms with Crippen molar-refractivity contribution in [3.05, 3.63) is 48.7 Å². The third-order valence-electron chi connectivity index (χ3n) is 2.70. The lowest BCUT2D eigenvalue weighted by atomic mass is 10.1. The highest BCUT2D eigenvalue weighted by Crippen LogP contribution is 2.18. The van der Waals surface area contributed by atoms with Crippen molar-refractivity contribution in [2.24, 2.45) is 0 Å². The summed E-state index contributed by atoms with van der Waals surface area (Å²) in [6, 6.07) is 7.38. The first-order chi connectivity index (χ1) is 8.76. The van der Waals surface area contributed by atoms with Crippen LogP contribution in [-0.4, -0.2) is 23.3 Å². The summed E-state index contributed by atoms with van der Waals surface area (Å²) >= 11 is 0. The van der Waals surface area contributed by atoms with Crippen molar-refractivity contribution in [2.75, 3.05) is 6.54 Å². The number of hydrogen-bond donors (Lipinski definition) is 1. The van der Waals surface area contributed by atoms with Gasteiger partial charge in [0, 0.05) is 23.7 Å². The van der Waals surface area contributed by atoms with E-state index in [-0.39, 0.29) is 12.5 Å². The number of carbonyl (C=O) groups is 2. The van der Waals surface area contributed by atoms with E-state index in [1.165, 1.54) is 0 Å². The number of fused-ring (bicyclic) bond motifs is 1. The SMILES string of the molecule is C=CCNC(=O)Cn1ccc2cccc(C=O)c21. The molecule has 1 amide bonds. The molecule has 0 atom stereocenters. The minimum Gasteiger partial charge on any atom is -0.351 e. The molecule has 1 N–H and O–H groups in total. The minimum atomic E-state index is -0.104. The lowest BCUT2D eigenvalue weighted by molar-refractivity contribution is -0.121. The van der Waals surface area contributed by atoms with Crippen LogP contribution in [0.5, 0.6) is 0 Å². The van der Waals surface area contributed by atoms with E-state index in [0.29, 0.717) is 12.1 Å². The first kappa shape index (κ1) is 12.1. The Hall–Kier alpha value is -2.36. The maximum Gasteiger partial charge on any atom is 0.240 e. The number of carbonyl (C=O) groups excluding carboxylic acids is 2. The lowest BCUT2D eigenvalue weighted by Crippen LogP contribution is -2.27. The summed E-state index contributed by atoms with van der Waals surface area (Å²) in [4.78, 5) is 22.6. The van der Waals surface area contributed by atoms with Crippen molar-refractivity contribution in [3.63, 3.8) is 0 Å². The van der Waals surface area contributed by atoms with Crippen molar-refractivity contribution in [1.29, 1.82) is 0 Å². The summed E-state index contributed by atoms with van der Waals surface area (Å²) in [7, 11) is 0. The molecule has 0 radical (unpaired) electrons. The monoisotopic (exact) mass is 242 g/mol. The Morgan fingerprint density at radius 1 is 1.39 bits per heavy atom. The van der Waals surface area contributed by atoms with Crippen molar-refractivity contribution in [3.8, 4) is 0 Å². The highest BCUT2D eigenvalue weighted by molar-refractivity contribution is 5.97. The van der Waals surface area contributed by atoms with Gasteiger partial charge >= 0.3 is 0 Å². The number of amides is 1. The molecule has 0 saturated heterocycles. The van der Waals surface area contributed by atoms with E-state index < -0.39 is 0 Å². The molecule has 92 valence electrons. The van der Waals surface area contributed by atoms with Gasteiger partial charge in [0.05, 0.1) is 5.52 Å². The van der Waals surface area contributed by atoms with Gasteiger partial charge in [0.2, 0.25) is 5.91 Å². The lowest BCUT2D eigenvalue weighted by Gasteiger charge is -2.07. The third kappa shape index (κ3) is 2.32. The number of rotatable bonds is 5. The van der Waals surface area contributed by atoms with Gasteiger partial charge in [-0.15, -0.1) is 6.58 Å². The van der Waals surface area contributed by atoms with Crippen LogP contribution in [0.2, 0.25) is 0 Å². The standard InChI is InChI=1S/C14H14N2O2/c1-2-7-15-13(18)9-16-8-6-11-4-3-5-12(10-17)14(11)16/h2-6,8,10H,1,7,9H2,(H,15,18). The Kier molecular flexibility index (Phi) is 3.57. The van der Waals surface area contributed by atoms with Gasteiger partial charge in [-0.05, 0) is 12.1 Å². The maximum atomic E-state index is 11.6. The molecule has 0 unspecified atom stereocenters. The fraction of sp³-hybridized carbons (Fsp3) is 0.143. The molecule has 1 heterocycles. The molecular weight excluding hydrogens is 228 g/mol. The van der Waals surface area contributed by atoms with E-state index in [2.05, 4.69) is 11.9 Å². The topological polar surface area (TPSA) is 51.1 Å².